The smallest absolute Gasteiger partial charge is 0.306 e. The molecule has 0 saturated heterocycles. The van der Waals surface area contributed by atoms with Gasteiger partial charge in [-0.05, 0) is 115 Å². The molecule has 0 heterocycles. The van der Waals surface area contributed by atoms with Gasteiger partial charge in [-0.25, -0.2) is 0 Å². The lowest BCUT2D eigenvalue weighted by atomic mass is 10.1. The van der Waals surface area contributed by atoms with Crippen LogP contribution in [0.4, 0.5) is 0 Å². The second-order valence-corrected chi connectivity index (χ2v) is 22.2. The van der Waals surface area contributed by atoms with E-state index in [1.165, 1.54) is 96.3 Å². The minimum absolute atomic E-state index is 0.0373. The summed E-state index contributed by atoms with van der Waals surface area (Å²) in [5.41, 5.74) is 0. The van der Waals surface area contributed by atoms with Crippen LogP contribution in [0.15, 0.2) is 97.2 Å². The number of carbonyl (C=O) groups excluding carboxylic acids is 2. The van der Waals surface area contributed by atoms with Crippen LogP contribution in [0.3, 0.4) is 0 Å². The molecule has 0 aliphatic heterocycles. The van der Waals surface area contributed by atoms with Gasteiger partial charge in [-0.3, -0.25) is 14.2 Å². The maximum Gasteiger partial charge on any atom is 0.306 e. The van der Waals surface area contributed by atoms with Crippen molar-refractivity contribution in [2.75, 3.05) is 40.9 Å². The zero-order valence-electron chi connectivity index (χ0n) is 47.8. The molecule has 0 radical (unpaired) electrons. The SMILES string of the molecule is CCCCC/C=C\C/C=C\C/C=C\C/C=C\CCCCCC(=O)NC(COP(=O)([O-])OCC[N+](C)(C)C)C(/C=C/CCCCCCCCCCC)OC(=O)CCCCCC/C=C\C/C=C\C/C=C\CCCCC. The van der Waals surface area contributed by atoms with Crippen molar-refractivity contribution >= 4 is 19.7 Å². The minimum Gasteiger partial charge on any atom is -0.756 e. The van der Waals surface area contributed by atoms with Crippen molar-refractivity contribution < 1.29 is 37.3 Å². The summed E-state index contributed by atoms with van der Waals surface area (Å²) in [7, 11) is 1.14. The Balaban J connectivity index is 5.40. The predicted molar refractivity (Wildman–Crippen MR) is 311 cm³/mol. The number of rotatable bonds is 52. The van der Waals surface area contributed by atoms with Crippen LogP contribution in [0.1, 0.15) is 239 Å². The molecule has 420 valence electrons. The second kappa shape index (κ2) is 52.4. The van der Waals surface area contributed by atoms with Gasteiger partial charge in [0.2, 0.25) is 5.91 Å². The molecule has 0 spiro atoms. The normalized spacial score (nSPS) is 14.5. The van der Waals surface area contributed by atoms with Gasteiger partial charge in [-0.1, -0.05) is 208 Å². The molecule has 0 aliphatic rings. The van der Waals surface area contributed by atoms with Gasteiger partial charge in [0.15, 0.2) is 0 Å². The number of phosphoric ester groups is 1. The van der Waals surface area contributed by atoms with Crippen molar-refractivity contribution in [1.82, 2.24) is 5.32 Å². The molecule has 0 saturated carbocycles. The van der Waals surface area contributed by atoms with E-state index in [0.717, 1.165) is 96.3 Å². The fraction of sp³-hybridized carbons (Fsp3) is 0.714. The molecule has 0 rings (SSSR count). The predicted octanol–water partition coefficient (Wildman–Crippen LogP) is 17.4. The summed E-state index contributed by atoms with van der Waals surface area (Å²) in [5.74, 6) is -0.609. The van der Waals surface area contributed by atoms with Crippen molar-refractivity contribution in [1.29, 1.82) is 0 Å². The summed E-state index contributed by atoms with van der Waals surface area (Å²) in [6, 6.07) is -0.919. The highest BCUT2D eigenvalue weighted by atomic mass is 31.2. The molecule has 3 unspecified atom stereocenters. The summed E-state index contributed by atoms with van der Waals surface area (Å²) in [6.07, 6.45) is 69.4. The Morgan fingerprint density at radius 3 is 1.29 bits per heavy atom. The van der Waals surface area contributed by atoms with Crippen molar-refractivity contribution in [3.05, 3.63) is 97.2 Å². The first-order valence-electron chi connectivity index (χ1n) is 29.5. The number of nitrogens with zero attached hydrogens (tertiary/aromatic N) is 1. The van der Waals surface area contributed by atoms with Gasteiger partial charge in [-0.15, -0.1) is 0 Å². The lowest BCUT2D eigenvalue weighted by Gasteiger charge is -2.30. The lowest BCUT2D eigenvalue weighted by Crippen LogP contribution is -2.47. The summed E-state index contributed by atoms with van der Waals surface area (Å²) in [6.45, 7) is 6.72. The number of allylic oxidation sites excluding steroid dienone is 15. The number of ether oxygens (including phenoxy) is 1. The van der Waals surface area contributed by atoms with E-state index in [-0.39, 0.29) is 31.3 Å². The van der Waals surface area contributed by atoms with Crippen LogP contribution < -0.4 is 10.2 Å². The Bertz CT molecular complexity index is 1570. The largest absolute Gasteiger partial charge is 0.756 e. The average molecular weight is 1040 g/mol. The van der Waals surface area contributed by atoms with Gasteiger partial charge in [0, 0.05) is 12.8 Å². The third kappa shape index (κ3) is 53.6. The molecule has 1 amide bonds. The number of esters is 1. The van der Waals surface area contributed by atoms with Crippen molar-refractivity contribution in [3.8, 4) is 0 Å². The van der Waals surface area contributed by atoms with Gasteiger partial charge < -0.3 is 28.5 Å². The highest BCUT2D eigenvalue weighted by Crippen LogP contribution is 2.38. The molecule has 0 aromatic heterocycles. The summed E-state index contributed by atoms with van der Waals surface area (Å²) in [4.78, 5) is 39.9. The third-order valence-electron chi connectivity index (χ3n) is 12.5. The van der Waals surface area contributed by atoms with E-state index < -0.39 is 26.6 Å². The molecule has 0 aliphatic carbocycles. The fourth-order valence-electron chi connectivity index (χ4n) is 7.86. The van der Waals surface area contributed by atoms with E-state index in [2.05, 4.69) is 111 Å². The van der Waals surface area contributed by atoms with E-state index in [1.807, 2.05) is 33.3 Å². The Kier molecular flexibility index (Phi) is 50.2. The van der Waals surface area contributed by atoms with Crippen LogP contribution in [0.2, 0.25) is 0 Å². The van der Waals surface area contributed by atoms with Gasteiger partial charge in [0.1, 0.15) is 19.3 Å². The van der Waals surface area contributed by atoms with Crippen molar-refractivity contribution in [3.63, 3.8) is 0 Å². The van der Waals surface area contributed by atoms with Crippen molar-refractivity contribution in [2.45, 2.75) is 251 Å². The molecule has 9 nitrogen and oxygen atoms in total. The Hall–Kier alpha value is -3.07. The molecule has 3 atom stereocenters. The standard InChI is InChI=1S/C63H111N2O7P/c1-7-10-13-16-19-22-25-27-29-31-32-34-35-37-40-43-46-49-52-55-62(66)64-60(59-71-73(68,69)70-58-57-65(4,5)6)61(54-51-48-45-42-39-24-21-18-15-12-9-3)72-63(67)56-53-50-47-44-41-38-36-33-30-28-26-23-20-17-14-11-8-2/h19-20,22-23,27-30,32,34,36-38,40,51,54,60-61H,7-18,21,24-26,31,33,35,39,41-50,52-53,55-59H2,1-6H3,(H-,64,66,68,69)/b22-19-,23-20-,29-27-,30-28-,34-32-,38-36-,40-37-,54-51+. The highest BCUT2D eigenvalue weighted by Gasteiger charge is 2.27. The maximum atomic E-state index is 13.5. The number of likely N-dealkylation sites (N-methyl/N-ethyl adjacent to an activating group) is 1. The molecule has 10 heteroatoms. The monoisotopic (exact) mass is 1040 g/mol. The van der Waals surface area contributed by atoms with Crippen LogP contribution in [0, 0.1) is 0 Å². The quantitative estimate of drug-likeness (QED) is 0.0212. The first-order valence-corrected chi connectivity index (χ1v) is 31.0. The molecular weight excluding hydrogens is 928 g/mol. The number of phosphoric acid groups is 1. The zero-order valence-corrected chi connectivity index (χ0v) is 48.7. The number of hydrogen-bond donors (Lipinski definition) is 1. The van der Waals surface area contributed by atoms with Gasteiger partial charge >= 0.3 is 5.97 Å². The van der Waals surface area contributed by atoms with Crippen LogP contribution in [0.5, 0.6) is 0 Å². The van der Waals surface area contributed by atoms with E-state index in [9.17, 15) is 19.0 Å². The highest BCUT2D eigenvalue weighted by molar-refractivity contribution is 7.45. The Labute approximate surface area is 449 Å². The van der Waals surface area contributed by atoms with Crippen LogP contribution in [0.25, 0.3) is 0 Å². The van der Waals surface area contributed by atoms with Crippen molar-refractivity contribution in [2.24, 2.45) is 0 Å². The summed E-state index contributed by atoms with van der Waals surface area (Å²) < 4.78 is 30.2. The first kappa shape index (κ1) is 69.9. The minimum atomic E-state index is -4.71. The number of amides is 1. The van der Waals surface area contributed by atoms with E-state index in [1.54, 1.807) is 0 Å². The maximum absolute atomic E-state index is 13.5. The molecule has 0 aromatic carbocycles. The number of unbranched alkanes of at least 4 members (excludes halogenated alkanes) is 22. The lowest BCUT2D eigenvalue weighted by molar-refractivity contribution is -0.870. The zero-order chi connectivity index (χ0) is 53.6. The van der Waals surface area contributed by atoms with Crippen LogP contribution >= 0.6 is 7.82 Å². The number of nitrogens with one attached hydrogen (secondary N) is 1. The van der Waals surface area contributed by atoms with E-state index >= 15 is 0 Å². The molecular formula is C63H111N2O7P. The van der Waals surface area contributed by atoms with Gasteiger partial charge in [-0.2, -0.15) is 0 Å². The topological polar surface area (TPSA) is 114 Å². The molecule has 73 heavy (non-hydrogen) atoms. The van der Waals surface area contributed by atoms with E-state index in [4.69, 9.17) is 13.8 Å². The Morgan fingerprint density at radius 1 is 0.479 bits per heavy atom. The third-order valence-corrected chi connectivity index (χ3v) is 13.5. The first-order chi connectivity index (χ1) is 35.4. The number of hydrogen-bond acceptors (Lipinski definition) is 7. The fourth-order valence-corrected chi connectivity index (χ4v) is 8.59. The number of quaternary nitrogens is 1. The summed E-state index contributed by atoms with van der Waals surface area (Å²) in [5, 5.41) is 3.00. The molecule has 0 bridgehead atoms. The average Bonchev–Trinajstić information content (AvgIpc) is 3.35. The van der Waals surface area contributed by atoms with Crippen LogP contribution in [-0.2, 0) is 27.9 Å². The van der Waals surface area contributed by atoms with E-state index in [0.29, 0.717) is 23.9 Å². The molecule has 1 N–H and O–H groups in total. The molecule has 0 fully saturated rings. The van der Waals surface area contributed by atoms with Gasteiger partial charge in [0.05, 0.1) is 33.8 Å². The van der Waals surface area contributed by atoms with Crippen LogP contribution in [-0.4, -0.2) is 69.4 Å². The second-order valence-electron chi connectivity index (χ2n) is 20.8. The summed E-state index contributed by atoms with van der Waals surface area (Å²) >= 11 is 0. The Morgan fingerprint density at radius 2 is 0.836 bits per heavy atom. The number of carbonyl (C=O) groups is 2. The molecule has 0 aromatic rings. The van der Waals surface area contributed by atoms with Gasteiger partial charge in [0.25, 0.3) is 7.82 Å².